The highest BCUT2D eigenvalue weighted by Gasteiger charge is 2.59. The van der Waals surface area contributed by atoms with Gasteiger partial charge in [-0.15, -0.1) is 0 Å². The highest BCUT2D eigenvalue weighted by molar-refractivity contribution is 6.76. The van der Waals surface area contributed by atoms with E-state index in [-0.39, 0.29) is 18.8 Å². The van der Waals surface area contributed by atoms with Crippen molar-refractivity contribution in [1.29, 1.82) is 0 Å². The van der Waals surface area contributed by atoms with Gasteiger partial charge < -0.3 is 34.3 Å². The number of amides is 2. The van der Waals surface area contributed by atoms with E-state index in [1.54, 1.807) is 18.9 Å². The van der Waals surface area contributed by atoms with Crippen LogP contribution in [-0.2, 0) is 28.5 Å². The van der Waals surface area contributed by atoms with Crippen LogP contribution in [0.5, 0.6) is 0 Å². The van der Waals surface area contributed by atoms with Gasteiger partial charge in [0, 0.05) is 47.8 Å². The Morgan fingerprint density at radius 1 is 1.18 bits per heavy atom. The number of rotatable bonds is 10. The molecule has 3 aliphatic heterocycles. The van der Waals surface area contributed by atoms with Crippen LogP contribution in [0.25, 0.3) is 0 Å². The van der Waals surface area contributed by atoms with Crippen LogP contribution < -0.4 is 10.6 Å². The van der Waals surface area contributed by atoms with Gasteiger partial charge in [0.1, 0.15) is 11.6 Å². The predicted octanol–water partition coefficient (Wildman–Crippen LogP) is 2.05. The van der Waals surface area contributed by atoms with Gasteiger partial charge in [-0.3, -0.25) is 9.80 Å². The first-order valence-electron chi connectivity index (χ1n) is 14.4. The number of nitrogens with zero attached hydrogens (tertiary/aromatic N) is 2. The van der Waals surface area contributed by atoms with Crippen molar-refractivity contribution in [3.8, 4) is 0 Å². The highest BCUT2D eigenvalue weighted by atomic mass is 28.3. The van der Waals surface area contributed by atoms with E-state index in [0.29, 0.717) is 52.4 Å². The minimum absolute atomic E-state index is 0.124. The fourth-order valence-corrected chi connectivity index (χ4v) is 6.27. The molecule has 4 atom stereocenters. The Morgan fingerprint density at radius 3 is 2.42 bits per heavy atom. The first-order valence-corrected chi connectivity index (χ1v) is 18.1. The molecule has 3 fully saturated rings. The van der Waals surface area contributed by atoms with Gasteiger partial charge in [-0.1, -0.05) is 19.6 Å². The normalized spacial score (nSPS) is 24.6. The van der Waals surface area contributed by atoms with E-state index in [1.807, 2.05) is 20.8 Å². The Hall–Kier alpha value is -1.93. The van der Waals surface area contributed by atoms with Crippen LogP contribution in [0, 0.1) is 0 Å². The zero-order chi connectivity index (χ0) is 29.7. The van der Waals surface area contributed by atoms with Crippen molar-refractivity contribution in [2.45, 2.75) is 95.2 Å². The standard InChI is InChI=1S/C27H50N4O8Si/c1-9-36-23(32)21(29-24(33)38-12-13-40(6,7)8)22(20-15-28-10-11-37-20)30-17-27(18-30)14-19(35-5)16-31(27)25(34)39-26(2,3)4/h19-22,28H,9-18H2,1-8H3,(H,29,33)/t19-,20+,21-,22+/m0/s1. The molecule has 0 bridgehead atoms. The fraction of sp³-hybridized carbons (Fsp3) is 0.889. The van der Waals surface area contributed by atoms with Crippen molar-refractivity contribution in [2.24, 2.45) is 0 Å². The van der Waals surface area contributed by atoms with Crippen LogP contribution in [-0.4, -0.2) is 131 Å². The van der Waals surface area contributed by atoms with E-state index in [4.69, 9.17) is 23.7 Å². The van der Waals surface area contributed by atoms with Crippen LogP contribution >= 0.6 is 0 Å². The number of methoxy groups -OCH3 is 1. The van der Waals surface area contributed by atoms with Crippen LogP contribution in [0.15, 0.2) is 0 Å². The zero-order valence-electron chi connectivity index (χ0n) is 25.5. The average molecular weight is 587 g/mol. The van der Waals surface area contributed by atoms with Crippen LogP contribution in [0.2, 0.25) is 25.7 Å². The molecule has 1 spiro atoms. The second-order valence-electron chi connectivity index (χ2n) is 13.2. The molecule has 3 rings (SSSR count). The summed E-state index contributed by atoms with van der Waals surface area (Å²) >= 11 is 0. The number of carbonyl (C=O) groups excluding carboxylic acids is 3. The summed E-state index contributed by atoms with van der Waals surface area (Å²) in [5.41, 5.74) is -1.15. The van der Waals surface area contributed by atoms with E-state index >= 15 is 0 Å². The summed E-state index contributed by atoms with van der Waals surface area (Å²) in [5, 5.41) is 6.13. The lowest BCUT2D eigenvalue weighted by Crippen LogP contribution is -2.76. The van der Waals surface area contributed by atoms with Gasteiger partial charge in [0.2, 0.25) is 0 Å². The minimum Gasteiger partial charge on any atom is -0.464 e. The molecule has 3 saturated heterocycles. The van der Waals surface area contributed by atoms with Gasteiger partial charge in [0.05, 0.1) is 50.2 Å². The number of hydrogen-bond acceptors (Lipinski definition) is 10. The fourth-order valence-electron chi connectivity index (χ4n) is 5.56. The molecular formula is C27H50N4O8Si. The monoisotopic (exact) mass is 586 g/mol. The van der Waals surface area contributed by atoms with Crippen LogP contribution in [0.1, 0.15) is 34.1 Å². The molecule has 2 N–H and O–H groups in total. The van der Waals surface area contributed by atoms with Gasteiger partial charge in [-0.05, 0) is 33.7 Å². The lowest BCUT2D eigenvalue weighted by atomic mass is 9.82. The Kier molecular flexibility index (Phi) is 10.9. The topological polar surface area (TPSA) is 128 Å². The molecule has 2 amide bonds. The van der Waals surface area contributed by atoms with E-state index < -0.39 is 49.5 Å². The third-order valence-electron chi connectivity index (χ3n) is 7.51. The number of likely N-dealkylation sites (tertiary alicyclic amines) is 2. The van der Waals surface area contributed by atoms with Crippen molar-refractivity contribution >= 4 is 26.2 Å². The SMILES string of the molecule is CCOC(=O)[C@@H](NC(=O)OCC[Si](C)(C)C)[C@@H]([C@H]1CNCCO1)N1CC2(C[C@H](OC)CN2C(=O)OC(C)(C)C)C1. The molecule has 3 heterocycles. The highest BCUT2D eigenvalue weighted by Crippen LogP contribution is 2.41. The van der Waals surface area contributed by atoms with Crippen molar-refractivity contribution in [3.63, 3.8) is 0 Å². The molecule has 0 saturated carbocycles. The van der Waals surface area contributed by atoms with Crippen LogP contribution in [0.3, 0.4) is 0 Å². The maximum Gasteiger partial charge on any atom is 0.410 e. The summed E-state index contributed by atoms with van der Waals surface area (Å²) in [5.74, 6) is -0.546. The summed E-state index contributed by atoms with van der Waals surface area (Å²) in [6.45, 7) is 17.4. The molecule has 0 radical (unpaired) electrons. The molecule has 0 aliphatic carbocycles. The predicted molar refractivity (Wildman–Crippen MR) is 152 cm³/mol. The Labute approximate surface area is 239 Å². The van der Waals surface area contributed by atoms with E-state index in [2.05, 4.69) is 35.2 Å². The van der Waals surface area contributed by atoms with Crippen molar-refractivity contribution in [2.75, 3.05) is 59.7 Å². The van der Waals surface area contributed by atoms with Gasteiger partial charge in [-0.25, -0.2) is 14.4 Å². The van der Waals surface area contributed by atoms with Gasteiger partial charge in [0.15, 0.2) is 0 Å². The molecule has 230 valence electrons. The van der Waals surface area contributed by atoms with E-state index in [9.17, 15) is 14.4 Å². The molecule has 3 aliphatic rings. The number of alkyl carbamates (subject to hydrolysis) is 1. The third kappa shape index (κ3) is 8.54. The minimum atomic E-state index is -1.41. The van der Waals surface area contributed by atoms with Gasteiger partial charge >= 0.3 is 18.2 Å². The van der Waals surface area contributed by atoms with Crippen molar-refractivity contribution < 1.29 is 38.1 Å². The molecule has 0 unspecified atom stereocenters. The number of ether oxygens (including phenoxy) is 5. The first kappa shape index (κ1) is 32.6. The number of hydrogen-bond donors (Lipinski definition) is 2. The lowest BCUT2D eigenvalue weighted by molar-refractivity contribution is -0.156. The average Bonchev–Trinajstić information content (AvgIpc) is 3.23. The van der Waals surface area contributed by atoms with Crippen molar-refractivity contribution in [1.82, 2.24) is 20.4 Å². The van der Waals surface area contributed by atoms with Gasteiger partial charge in [-0.2, -0.15) is 0 Å². The van der Waals surface area contributed by atoms with Crippen LogP contribution in [0.4, 0.5) is 9.59 Å². The van der Waals surface area contributed by atoms with Gasteiger partial charge in [0.25, 0.3) is 0 Å². The summed E-state index contributed by atoms with van der Waals surface area (Å²) in [6, 6.07) is -0.736. The molecule has 13 heteroatoms. The first-order chi connectivity index (χ1) is 18.7. The summed E-state index contributed by atoms with van der Waals surface area (Å²) in [4.78, 5) is 43.2. The molecule has 40 heavy (non-hydrogen) atoms. The second kappa shape index (κ2) is 13.4. The number of nitrogens with one attached hydrogen (secondary N) is 2. The molecule has 0 aromatic carbocycles. The largest absolute Gasteiger partial charge is 0.464 e. The van der Waals surface area contributed by atoms with Crippen molar-refractivity contribution in [3.05, 3.63) is 0 Å². The second-order valence-corrected chi connectivity index (χ2v) is 18.8. The summed E-state index contributed by atoms with van der Waals surface area (Å²) in [7, 11) is 0.239. The maximum absolute atomic E-state index is 13.3. The molecule has 12 nitrogen and oxygen atoms in total. The van der Waals surface area contributed by atoms with E-state index in [1.165, 1.54) is 0 Å². The Morgan fingerprint density at radius 2 is 1.88 bits per heavy atom. The third-order valence-corrected chi connectivity index (χ3v) is 9.21. The molecular weight excluding hydrogens is 536 g/mol. The molecule has 0 aromatic heterocycles. The summed E-state index contributed by atoms with van der Waals surface area (Å²) < 4.78 is 28.4. The van der Waals surface area contributed by atoms with E-state index in [0.717, 1.165) is 6.04 Å². The Bertz CT molecular complexity index is 881. The zero-order valence-corrected chi connectivity index (χ0v) is 26.5. The lowest BCUT2D eigenvalue weighted by Gasteiger charge is -2.57. The maximum atomic E-state index is 13.3. The number of esters is 1. The Balaban J connectivity index is 1.82. The quantitative estimate of drug-likeness (QED) is 0.223. The molecule has 0 aromatic rings. The number of carbonyl (C=O) groups is 3. The smallest absolute Gasteiger partial charge is 0.410 e. The summed E-state index contributed by atoms with van der Waals surface area (Å²) in [6.07, 6.45) is -0.911. The number of morpholine rings is 1.